The highest BCUT2D eigenvalue weighted by molar-refractivity contribution is 6.62. The van der Waals surface area contributed by atoms with Gasteiger partial charge < -0.3 is 18.9 Å². The van der Waals surface area contributed by atoms with E-state index in [4.69, 9.17) is 14.0 Å². The molecule has 31 heavy (non-hydrogen) atoms. The predicted octanol–water partition coefficient (Wildman–Crippen LogP) is 3.96. The number of hydrogen-bond donors (Lipinski definition) is 0. The molecule has 0 saturated carbocycles. The van der Waals surface area contributed by atoms with Gasteiger partial charge in [0.05, 0.1) is 29.0 Å². The summed E-state index contributed by atoms with van der Waals surface area (Å²) >= 11 is 0. The van der Waals surface area contributed by atoms with E-state index in [1.165, 1.54) is 6.07 Å². The van der Waals surface area contributed by atoms with Gasteiger partial charge in [0, 0.05) is 13.1 Å². The van der Waals surface area contributed by atoms with Crippen LogP contribution in [0.4, 0.5) is 14.9 Å². The van der Waals surface area contributed by atoms with Crippen LogP contribution in [0.15, 0.2) is 18.2 Å². The summed E-state index contributed by atoms with van der Waals surface area (Å²) in [6.45, 7) is 18.4. The Morgan fingerprint density at radius 2 is 1.61 bits per heavy atom. The van der Waals surface area contributed by atoms with E-state index in [2.05, 4.69) is 0 Å². The summed E-state index contributed by atoms with van der Waals surface area (Å²) in [5.41, 5.74) is -0.328. The van der Waals surface area contributed by atoms with Crippen LogP contribution in [-0.2, 0) is 14.0 Å². The van der Waals surface area contributed by atoms with Crippen molar-refractivity contribution < 1.29 is 23.2 Å². The first-order valence-corrected chi connectivity index (χ1v) is 11.0. The van der Waals surface area contributed by atoms with E-state index in [-0.39, 0.29) is 24.0 Å². The lowest BCUT2D eigenvalue weighted by molar-refractivity contribution is 0.00563. The van der Waals surface area contributed by atoms with Crippen LogP contribution in [0, 0.1) is 5.82 Å². The molecule has 0 aromatic heterocycles. The first-order valence-electron chi connectivity index (χ1n) is 11.0. The quantitative estimate of drug-likeness (QED) is 0.660. The summed E-state index contributed by atoms with van der Waals surface area (Å²) in [6.07, 6.45) is -0.330. The molecule has 0 radical (unpaired) electrons. The number of anilines is 1. The molecular formula is C23H36BFN2O4. The molecule has 0 bridgehead atoms. The summed E-state index contributed by atoms with van der Waals surface area (Å²) < 4.78 is 32.8. The number of nitrogens with zero attached hydrogens (tertiary/aromatic N) is 2. The molecule has 2 aliphatic rings. The zero-order valence-electron chi connectivity index (χ0n) is 20.3. The Bertz CT molecular complexity index is 811. The van der Waals surface area contributed by atoms with Crippen LogP contribution in [0.25, 0.3) is 0 Å². The van der Waals surface area contributed by atoms with E-state index in [1.54, 1.807) is 11.0 Å². The van der Waals surface area contributed by atoms with Gasteiger partial charge in [0.1, 0.15) is 11.4 Å². The Kier molecular flexibility index (Phi) is 6.13. The molecule has 0 unspecified atom stereocenters. The fourth-order valence-corrected chi connectivity index (χ4v) is 4.10. The van der Waals surface area contributed by atoms with Crippen molar-refractivity contribution in [3.8, 4) is 0 Å². The molecule has 8 heteroatoms. The third kappa shape index (κ3) is 4.85. The van der Waals surface area contributed by atoms with E-state index < -0.39 is 23.9 Å². The van der Waals surface area contributed by atoms with Crippen LogP contribution in [-0.4, -0.2) is 60.1 Å². The number of piperazine rings is 1. The van der Waals surface area contributed by atoms with Gasteiger partial charge in [0.15, 0.2) is 0 Å². The van der Waals surface area contributed by atoms with Gasteiger partial charge in [-0.15, -0.1) is 0 Å². The molecule has 2 saturated heterocycles. The molecule has 1 amide bonds. The van der Waals surface area contributed by atoms with Gasteiger partial charge in [-0.2, -0.15) is 0 Å². The van der Waals surface area contributed by atoms with E-state index in [9.17, 15) is 4.79 Å². The predicted molar refractivity (Wildman–Crippen MR) is 121 cm³/mol. The van der Waals surface area contributed by atoms with Gasteiger partial charge in [-0.1, -0.05) is 6.07 Å². The van der Waals surface area contributed by atoms with Crippen molar-refractivity contribution in [1.82, 2.24) is 4.90 Å². The van der Waals surface area contributed by atoms with Crippen LogP contribution in [0.1, 0.15) is 62.3 Å². The number of amides is 1. The molecule has 6 nitrogen and oxygen atoms in total. The smallest absolute Gasteiger partial charge is 0.444 e. The minimum Gasteiger partial charge on any atom is -0.444 e. The first-order chi connectivity index (χ1) is 14.1. The number of benzene rings is 1. The summed E-state index contributed by atoms with van der Waals surface area (Å²) in [5, 5.41) is 0. The number of hydrogen-bond acceptors (Lipinski definition) is 5. The van der Waals surface area contributed by atoms with E-state index in [0.717, 1.165) is 0 Å². The van der Waals surface area contributed by atoms with Crippen molar-refractivity contribution in [3.63, 3.8) is 0 Å². The average molecular weight is 434 g/mol. The summed E-state index contributed by atoms with van der Waals surface area (Å²) in [5.74, 6) is -0.322. The van der Waals surface area contributed by atoms with Gasteiger partial charge in [-0.25, -0.2) is 9.18 Å². The number of ether oxygens (including phenoxy) is 1. The lowest BCUT2D eigenvalue weighted by atomic mass is 9.79. The minimum absolute atomic E-state index is 0.110. The van der Waals surface area contributed by atoms with Crippen molar-refractivity contribution in [2.75, 3.05) is 18.0 Å². The highest BCUT2D eigenvalue weighted by atomic mass is 19.1. The molecule has 2 fully saturated rings. The zero-order valence-corrected chi connectivity index (χ0v) is 20.3. The van der Waals surface area contributed by atoms with Crippen molar-refractivity contribution >= 4 is 24.4 Å². The Balaban J connectivity index is 1.74. The molecule has 0 N–H and O–H groups in total. The molecule has 1 aromatic carbocycles. The largest absolute Gasteiger partial charge is 0.494 e. The number of carbonyl (C=O) groups is 1. The zero-order chi connectivity index (χ0) is 23.4. The number of rotatable bonds is 2. The Morgan fingerprint density at radius 3 is 2.06 bits per heavy atom. The van der Waals surface area contributed by atoms with Crippen LogP contribution in [0.3, 0.4) is 0 Å². The van der Waals surface area contributed by atoms with E-state index in [0.29, 0.717) is 24.2 Å². The van der Waals surface area contributed by atoms with Gasteiger partial charge in [-0.3, -0.25) is 4.90 Å². The first kappa shape index (κ1) is 23.9. The minimum atomic E-state index is -0.601. The second kappa shape index (κ2) is 7.96. The normalized spacial score (nSPS) is 25.7. The monoisotopic (exact) mass is 434 g/mol. The summed E-state index contributed by atoms with van der Waals surface area (Å²) in [6, 6.07) is 4.91. The maximum atomic E-state index is 15.1. The van der Waals surface area contributed by atoms with Crippen molar-refractivity contribution in [2.45, 2.75) is 91.2 Å². The molecule has 172 valence electrons. The second-order valence-electron chi connectivity index (χ2n) is 10.8. The second-order valence-corrected chi connectivity index (χ2v) is 10.8. The Labute approximate surface area is 186 Å². The lowest BCUT2D eigenvalue weighted by Gasteiger charge is -2.45. The topological polar surface area (TPSA) is 51.2 Å². The standard InChI is InChI=1S/C23H36BFN2O4/c1-15-13-26(14-16(2)27(15)20(28)29-21(3,4)5)19-11-10-17(12-18(19)25)24-30-22(6,7)23(8,9)31-24/h10-12,15-16H,13-14H2,1-9H3/t15-,16+. The Morgan fingerprint density at radius 1 is 1.10 bits per heavy atom. The third-order valence-corrected chi connectivity index (χ3v) is 6.36. The molecular weight excluding hydrogens is 398 g/mol. The third-order valence-electron chi connectivity index (χ3n) is 6.36. The molecule has 1 aromatic rings. The van der Waals surface area contributed by atoms with Gasteiger partial charge in [0.2, 0.25) is 0 Å². The molecule has 0 aliphatic carbocycles. The van der Waals surface area contributed by atoms with Crippen molar-refractivity contribution in [3.05, 3.63) is 24.0 Å². The molecule has 3 rings (SSSR count). The number of carbonyl (C=O) groups excluding carboxylic acids is 1. The van der Waals surface area contributed by atoms with Crippen molar-refractivity contribution in [2.24, 2.45) is 0 Å². The van der Waals surface area contributed by atoms with Crippen LogP contribution < -0.4 is 10.4 Å². The Hall–Kier alpha value is -1.80. The van der Waals surface area contributed by atoms with Crippen LogP contribution >= 0.6 is 0 Å². The highest BCUT2D eigenvalue weighted by Gasteiger charge is 2.51. The van der Waals surface area contributed by atoms with E-state index >= 15 is 4.39 Å². The van der Waals surface area contributed by atoms with Gasteiger partial charge in [0.25, 0.3) is 0 Å². The molecule has 2 atom stereocenters. The highest BCUT2D eigenvalue weighted by Crippen LogP contribution is 2.37. The SMILES string of the molecule is C[C@@H]1CN(c2ccc(B3OC(C)(C)C(C)(C)O3)cc2F)C[C@H](C)N1C(=O)OC(C)(C)C. The summed E-state index contributed by atoms with van der Waals surface area (Å²) in [7, 11) is -0.601. The maximum Gasteiger partial charge on any atom is 0.494 e. The average Bonchev–Trinajstić information content (AvgIpc) is 2.80. The van der Waals surface area contributed by atoms with E-state index in [1.807, 2.05) is 73.3 Å². The molecule has 0 spiro atoms. The molecule has 2 heterocycles. The van der Waals surface area contributed by atoms with Crippen molar-refractivity contribution in [1.29, 1.82) is 0 Å². The molecule has 2 aliphatic heterocycles. The fraction of sp³-hybridized carbons (Fsp3) is 0.696. The van der Waals surface area contributed by atoms with Gasteiger partial charge in [-0.05, 0) is 79.9 Å². The summed E-state index contributed by atoms with van der Waals surface area (Å²) in [4.78, 5) is 16.4. The van der Waals surface area contributed by atoms with Gasteiger partial charge >= 0.3 is 13.2 Å². The lowest BCUT2D eigenvalue weighted by Crippen LogP contribution is -2.59. The fourth-order valence-electron chi connectivity index (χ4n) is 4.10. The maximum absolute atomic E-state index is 15.1. The number of halogens is 1. The van der Waals surface area contributed by atoms with Crippen LogP contribution in [0.2, 0.25) is 0 Å². The van der Waals surface area contributed by atoms with Crippen LogP contribution in [0.5, 0.6) is 0 Å².